The summed E-state index contributed by atoms with van der Waals surface area (Å²) in [5, 5.41) is 0. The van der Waals surface area contributed by atoms with Gasteiger partial charge in [0.25, 0.3) is 0 Å². The molecule has 44 valence electrons. The Morgan fingerprint density at radius 2 is 1.25 bits per heavy atom. The van der Waals surface area contributed by atoms with Gasteiger partial charge in [-0.2, -0.15) is 8.42 Å². The maximum atomic E-state index is 8.74. The summed E-state index contributed by atoms with van der Waals surface area (Å²) in [7, 11) is -4.67. The summed E-state index contributed by atoms with van der Waals surface area (Å²) in [6.07, 6.45) is 0. The van der Waals surface area contributed by atoms with Crippen LogP contribution in [0.2, 0.25) is 0 Å². The first-order valence-electron chi connectivity index (χ1n) is 0.987. The van der Waals surface area contributed by atoms with Crippen molar-refractivity contribution in [1.29, 1.82) is 0 Å². The van der Waals surface area contributed by atoms with Crippen LogP contribution in [0.4, 0.5) is 0 Å². The Morgan fingerprint density at radius 1 is 1.25 bits per heavy atom. The summed E-state index contributed by atoms with van der Waals surface area (Å²) in [6.45, 7) is 0. The first kappa shape index (κ1) is 16.5. The molecular weight excluding hydrogens is 315 g/mol. The van der Waals surface area contributed by atoms with Crippen molar-refractivity contribution in [3.05, 3.63) is 0 Å². The molecule has 0 rings (SSSR count). The van der Waals surface area contributed by atoms with E-state index in [2.05, 4.69) is 0 Å². The molecule has 0 heterocycles. The normalized spacial score (nSPS) is 8.00. The molecule has 0 atom stereocenters. The molecule has 0 aliphatic heterocycles. The van der Waals surface area contributed by atoms with Crippen molar-refractivity contribution in [2.45, 2.75) is 0 Å². The molecule has 0 aliphatic rings. The van der Waals surface area contributed by atoms with Crippen molar-refractivity contribution in [2.75, 3.05) is 0 Å². The van der Waals surface area contributed by atoms with Gasteiger partial charge in [0.1, 0.15) is 0 Å². The van der Waals surface area contributed by atoms with Crippen molar-refractivity contribution < 1.29 is 42.2 Å². The molecule has 0 amide bonds. The van der Waals surface area contributed by atoms with Gasteiger partial charge in [0.15, 0.2) is 0 Å². The summed E-state index contributed by atoms with van der Waals surface area (Å²) in [6, 6.07) is 0. The number of hydrogen-bond acceptors (Lipinski definition) is 3. The zero-order valence-corrected chi connectivity index (χ0v) is 12.2. The van der Waals surface area contributed by atoms with Crippen LogP contribution in [0.25, 0.3) is 0 Å². The van der Waals surface area contributed by atoms with Gasteiger partial charge in [0.05, 0.1) is 0 Å². The first-order valence-corrected chi connectivity index (χ1v) is 3.60. The molecule has 0 saturated heterocycles. The Labute approximate surface area is 99.8 Å². The van der Waals surface area contributed by atoms with Gasteiger partial charge in [-0.1, -0.05) is 0 Å². The number of rotatable bonds is 0. The van der Waals surface area contributed by atoms with Crippen molar-refractivity contribution in [3.8, 4) is 0 Å². The fourth-order valence-corrected chi connectivity index (χ4v) is 0. The monoisotopic (exact) mass is 318 g/mol. The second kappa shape index (κ2) is 8.86. The SMILES string of the molecule is O=S(=O)(O)O.[Ba+2].[H-].[H-].[O]=[Zn]. The van der Waals surface area contributed by atoms with Crippen molar-refractivity contribution in [2.24, 2.45) is 0 Å². The summed E-state index contributed by atoms with van der Waals surface area (Å²) >= 11 is 0.125. The molecule has 8 heteroatoms. The Morgan fingerprint density at radius 3 is 1.25 bits per heavy atom. The Bertz CT molecular complexity index is 114. The maximum absolute atomic E-state index is 8.74. The first-order chi connectivity index (χ1) is 3.00. The third-order valence-corrected chi connectivity index (χ3v) is 0. The zero-order valence-electron chi connectivity index (χ0n) is 5.94. The molecule has 8 heavy (non-hydrogen) atoms. The van der Waals surface area contributed by atoms with E-state index < -0.39 is 10.4 Å². The van der Waals surface area contributed by atoms with Crippen molar-refractivity contribution in [1.82, 2.24) is 0 Å². The molecule has 0 aromatic heterocycles. The van der Waals surface area contributed by atoms with Crippen LogP contribution >= 0.6 is 0 Å². The Kier molecular flexibility index (Phi) is 18.2. The van der Waals surface area contributed by atoms with Gasteiger partial charge in [0.2, 0.25) is 0 Å². The fourth-order valence-electron chi connectivity index (χ4n) is 0. The van der Waals surface area contributed by atoms with Crippen LogP contribution in [0.5, 0.6) is 0 Å². The van der Waals surface area contributed by atoms with Gasteiger partial charge >= 0.3 is 81.1 Å². The van der Waals surface area contributed by atoms with E-state index in [4.69, 9.17) is 21.1 Å². The molecule has 5 nitrogen and oxygen atoms in total. The molecule has 0 aliphatic carbocycles. The van der Waals surface area contributed by atoms with E-state index >= 15 is 0 Å². The number of hydrogen-bond donors (Lipinski definition) is 2. The molecule has 0 unspecified atom stereocenters. The van der Waals surface area contributed by atoms with Gasteiger partial charge in [-0.05, 0) is 0 Å². The van der Waals surface area contributed by atoms with Crippen LogP contribution in [0.3, 0.4) is 0 Å². The van der Waals surface area contributed by atoms with E-state index in [1.807, 2.05) is 0 Å². The van der Waals surface area contributed by atoms with Gasteiger partial charge in [0, 0.05) is 0 Å². The minimum atomic E-state index is -4.67. The molecule has 2 N–H and O–H groups in total. The predicted octanol–water partition coefficient (Wildman–Crippen LogP) is -0.930. The van der Waals surface area contributed by atoms with Crippen LogP contribution in [0.1, 0.15) is 2.85 Å². The molecule has 0 fully saturated rings. The summed E-state index contributed by atoms with van der Waals surface area (Å²) in [4.78, 5) is 0. The Balaban J connectivity index is -0.0000000154. The zero-order chi connectivity index (χ0) is 6.50. The fraction of sp³-hybridized carbons (Fsp3) is 0. The average molecular weight is 319 g/mol. The van der Waals surface area contributed by atoms with E-state index in [0.717, 1.165) is 0 Å². The van der Waals surface area contributed by atoms with Gasteiger partial charge in [-0.15, -0.1) is 0 Å². The molecule has 0 aromatic rings. The van der Waals surface area contributed by atoms with E-state index in [-0.39, 0.29) is 70.0 Å². The quantitative estimate of drug-likeness (QED) is 0.445. The molecular formula is H4BaO5SZn. The standard InChI is InChI=1S/Ba.H2O4S.O.Zn.2H/c;1-5(2,3)4;;;;/h;(H2,1,2,3,4);;;;/q+2;;;;2*-1. The van der Waals surface area contributed by atoms with Crippen LogP contribution in [0.15, 0.2) is 0 Å². The van der Waals surface area contributed by atoms with Crippen LogP contribution in [0, 0.1) is 0 Å². The Hall–Kier alpha value is 1.86. The van der Waals surface area contributed by atoms with Gasteiger partial charge < -0.3 is 2.85 Å². The van der Waals surface area contributed by atoms with E-state index in [9.17, 15) is 0 Å². The average Bonchev–Trinajstić information content (AvgIpc) is 1.36. The molecule has 0 bridgehead atoms. The van der Waals surface area contributed by atoms with Gasteiger partial charge in [-0.3, -0.25) is 9.11 Å². The second-order valence-corrected chi connectivity index (χ2v) is 1.34. The van der Waals surface area contributed by atoms with Crippen molar-refractivity contribution in [3.63, 3.8) is 0 Å². The second-order valence-electron chi connectivity index (χ2n) is 0.448. The third-order valence-electron chi connectivity index (χ3n) is 0. The summed E-state index contributed by atoms with van der Waals surface area (Å²) in [5.74, 6) is 0. The van der Waals surface area contributed by atoms with Gasteiger partial charge in [-0.25, -0.2) is 0 Å². The van der Waals surface area contributed by atoms with E-state index in [0.29, 0.717) is 0 Å². The molecule has 0 radical (unpaired) electrons. The van der Waals surface area contributed by atoms with E-state index in [1.54, 1.807) is 0 Å². The molecule has 0 saturated carbocycles. The molecule has 0 spiro atoms. The van der Waals surface area contributed by atoms with Crippen LogP contribution in [-0.2, 0) is 32.2 Å². The van der Waals surface area contributed by atoms with E-state index in [1.165, 1.54) is 0 Å². The predicted molar refractivity (Wildman–Crippen MR) is 22.8 cm³/mol. The molecule has 0 aromatic carbocycles. The third kappa shape index (κ3) is 107. The summed E-state index contributed by atoms with van der Waals surface area (Å²) < 4.78 is 40.0. The van der Waals surface area contributed by atoms with Crippen molar-refractivity contribution >= 4 is 59.3 Å². The minimum absolute atomic E-state index is 0. The van der Waals surface area contributed by atoms with Crippen LogP contribution < -0.4 is 0 Å². The summed E-state index contributed by atoms with van der Waals surface area (Å²) in [5.41, 5.74) is 0. The van der Waals surface area contributed by atoms with Crippen LogP contribution in [-0.4, -0.2) is 66.4 Å². The topological polar surface area (TPSA) is 91.7 Å².